The summed E-state index contributed by atoms with van der Waals surface area (Å²) in [5.41, 5.74) is 2.05. The molecule has 0 unspecified atom stereocenters. The summed E-state index contributed by atoms with van der Waals surface area (Å²) < 4.78 is 6.04. The lowest BCUT2D eigenvalue weighted by Crippen LogP contribution is -2.10. The van der Waals surface area contributed by atoms with Gasteiger partial charge in [-0.1, -0.05) is 30.3 Å². The van der Waals surface area contributed by atoms with Crippen molar-refractivity contribution in [2.24, 2.45) is 0 Å². The minimum Gasteiger partial charge on any atom is -0.624 e. The fourth-order valence-corrected chi connectivity index (χ4v) is 1.80. The highest BCUT2D eigenvalue weighted by Gasteiger charge is 1.99. The van der Waals surface area contributed by atoms with E-state index in [0.717, 1.165) is 22.5 Å². The first-order valence-corrected chi connectivity index (χ1v) is 6.24. The molecule has 0 bridgehead atoms. The summed E-state index contributed by atoms with van der Waals surface area (Å²) in [7, 11) is 1.62. The molecule has 0 fully saturated rings. The molecular weight excluding hydrogens is 238 g/mol. The normalized spacial score (nSPS) is 11.3. The van der Waals surface area contributed by atoms with Crippen molar-refractivity contribution >= 4 is 6.21 Å². The highest BCUT2D eigenvalue weighted by molar-refractivity contribution is 5.75. The monoisotopic (exact) mass is 255 g/mol. The molecule has 19 heavy (non-hydrogen) atoms. The number of hydrogen-bond donors (Lipinski definition) is 0. The molecule has 0 aliphatic rings. The molecule has 0 aromatic heterocycles. The summed E-state index contributed by atoms with van der Waals surface area (Å²) in [4.78, 5) is 0. The van der Waals surface area contributed by atoms with Crippen LogP contribution >= 0.6 is 0 Å². The zero-order valence-corrected chi connectivity index (χ0v) is 11.0. The number of hydroxylamine groups is 1. The highest BCUT2D eigenvalue weighted by atomic mass is 16.5. The van der Waals surface area contributed by atoms with Crippen LogP contribution in [0.3, 0.4) is 0 Å². The van der Waals surface area contributed by atoms with Gasteiger partial charge in [0, 0.05) is 12.0 Å². The molecule has 0 heterocycles. The molecule has 0 spiro atoms. The predicted octanol–water partition coefficient (Wildman–Crippen LogP) is 2.87. The van der Waals surface area contributed by atoms with Gasteiger partial charge in [0.15, 0.2) is 12.8 Å². The molecule has 0 saturated heterocycles. The standard InChI is InChI=1S/C16H17NO2/c1-19-16-9-7-15(8-10-16)13-17(18)12-11-14-5-3-2-4-6-14/h2-10,13H,11-12H2,1H3. The minimum atomic E-state index is 0.454. The van der Waals surface area contributed by atoms with Crippen molar-refractivity contribution in [3.63, 3.8) is 0 Å². The molecule has 3 nitrogen and oxygen atoms in total. The highest BCUT2D eigenvalue weighted by Crippen LogP contribution is 2.09. The fraction of sp³-hybridized carbons (Fsp3) is 0.188. The minimum absolute atomic E-state index is 0.454. The van der Waals surface area contributed by atoms with Gasteiger partial charge in [-0.2, -0.15) is 0 Å². The van der Waals surface area contributed by atoms with E-state index in [1.54, 1.807) is 13.3 Å². The van der Waals surface area contributed by atoms with Gasteiger partial charge in [0.05, 0.1) is 7.11 Å². The lowest BCUT2D eigenvalue weighted by Gasteiger charge is -2.04. The lowest BCUT2D eigenvalue weighted by molar-refractivity contribution is -0.451. The van der Waals surface area contributed by atoms with Crippen LogP contribution in [0.4, 0.5) is 0 Å². The van der Waals surface area contributed by atoms with E-state index in [-0.39, 0.29) is 0 Å². The van der Waals surface area contributed by atoms with E-state index in [1.165, 1.54) is 5.56 Å². The molecule has 0 radical (unpaired) electrons. The van der Waals surface area contributed by atoms with Crippen LogP contribution in [-0.4, -0.2) is 24.6 Å². The van der Waals surface area contributed by atoms with Crippen LogP contribution in [0.1, 0.15) is 11.1 Å². The van der Waals surface area contributed by atoms with E-state index in [4.69, 9.17) is 4.74 Å². The molecule has 0 amide bonds. The Bertz CT molecular complexity index is 532. The van der Waals surface area contributed by atoms with Crippen molar-refractivity contribution in [1.29, 1.82) is 0 Å². The van der Waals surface area contributed by atoms with E-state index in [0.29, 0.717) is 6.54 Å². The third-order valence-electron chi connectivity index (χ3n) is 2.87. The Morgan fingerprint density at radius 1 is 1.05 bits per heavy atom. The molecule has 0 N–H and O–H groups in total. The van der Waals surface area contributed by atoms with E-state index in [1.807, 2.05) is 54.6 Å². The Hall–Kier alpha value is -2.29. The third kappa shape index (κ3) is 4.14. The number of rotatable bonds is 5. The largest absolute Gasteiger partial charge is 0.624 e. The van der Waals surface area contributed by atoms with E-state index in [9.17, 15) is 5.21 Å². The molecular formula is C16H17NO2. The van der Waals surface area contributed by atoms with Gasteiger partial charge in [0.1, 0.15) is 5.75 Å². The summed E-state index contributed by atoms with van der Waals surface area (Å²) in [5, 5.41) is 11.8. The Balaban J connectivity index is 1.94. The fourth-order valence-electron chi connectivity index (χ4n) is 1.80. The van der Waals surface area contributed by atoms with Crippen molar-refractivity contribution in [3.05, 3.63) is 70.9 Å². The van der Waals surface area contributed by atoms with Crippen LogP contribution < -0.4 is 4.74 Å². The van der Waals surface area contributed by atoms with Crippen molar-refractivity contribution in [3.8, 4) is 5.75 Å². The van der Waals surface area contributed by atoms with Gasteiger partial charge >= 0.3 is 0 Å². The Morgan fingerprint density at radius 2 is 1.74 bits per heavy atom. The second kappa shape index (κ2) is 6.59. The van der Waals surface area contributed by atoms with Crippen molar-refractivity contribution in [1.82, 2.24) is 0 Å². The predicted molar refractivity (Wildman–Crippen MR) is 76.8 cm³/mol. The summed E-state index contributed by atoms with van der Waals surface area (Å²) in [6.07, 6.45) is 2.35. The van der Waals surface area contributed by atoms with Gasteiger partial charge in [0.25, 0.3) is 0 Å². The second-order valence-corrected chi connectivity index (χ2v) is 4.28. The van der Waals surface area contributed by atoms with Gasteiger partial charge < -0.3 is 9.94 Å². The van der Waals surface area contributed by atoms with Gasteiger partial charge in [-0.3, -0.25) is 0 Å². The first kappa shape index (κ1) is 13.1. The Morgan fingerprint density at radius 3 is 2.37 bits per heavy atom. The molecule has 98 valence electrons. The van der Waals surface area contributed by atoms with Crippen LogP contribution in [0.2, 0.25) is 0 Å². The molecule has 2 aromatic rings. The Kier molecular flexibility index (Phi) is 4.56. The average molecular weight is 255 g/mol. The van der Waals surface area contributed by atoms with E-state index >= 15 is 0 Å². The lowest BCUT2D eigenvalue weighted by atomic mass is 10.1. The van der Waals surface area contributed by atoms with Crippen LogP contribution in [0.25, 0.3) is 0 Å². The SMILES string of the molecule is COc1ccc(C=[N+]([O-])CCc2ccccc2)cc1. The zero-order valence-electron chi connectivity index (χ0n) is 11.0. The maximum atomic E-state index is 11.8. The number of ether oxygens (including phenoxy) is 1. The zero-order chi connectivity index (χ0) is 13.5. The third-order valence-corrected chi connectivity index (χ3v) is 2.87. The number of hydrogen-bond acceptors (Lipinski definition) is 2. The van der Waals surface area contributed by atoms with Crippen LogP contribution in [0.15, 0.2) is 54.6 Å². The molecule has 2 aromatic carbocycles. The Labute approximate surface area is 113 Å². The second-order valence-electron chi connectivity index (χ2n) is 4.28. The van der Waals surface area contributed by atoms with Crippen LogP contribution in [0, 0.1) is 5.21 Å². The van der Waals surface area contributed by atoms with Gasteiger partial charge in [0.2, 0.25) is 0 Å². The summed E-state index contributed by atoms with van der Waals surface area (Å²) in [6, 6.07) is 17.4. The summed E-state index contributed by atoms with van der Waals surface area (Å²) >= 11 is 0. The summed E-state index contributed by atoms with van der Waals surface area (Å²) in [5.74, 6) is 0.791. The molecule has 0 atom stereocenters. The van der Waals surface area contributed by atoms with Crippen LogP contribution in [-0.2, 0) is 6.42 Å². The number of benzene rings is 2. The topological polar surface area (TPSA) is 35.3 Å². The molecule has 2 rings (SSSR count). The van der Waals surface area contributed by atoms with Crippen molar-refractivity contribution in [2.75, 3.05) is 13.7 Å². The van der Waals surface area contributed by atoms with Crippen LogP contribution in [0.5, 0.6) is 5.75 Å². The molecule has 3 heteroatoms. The first-order chi connectivity index (χ1) is 9.28. The van der Waals surface area contributed by atoms with Gasteiger partial charge in [-0.05, 0) is 29.8 Å². The molecule has 0 aliphatic heterocycles. The molecule has 0 aliphatic carbocycles. The van der Waals surface area contributed by atoms with E-state index in [2.05, 4.69) is 0 Å². The van der Waals surface area contributed by atoms with Gasteiger partial charge in [-0.15, -0.1) is 0 Å². The van der Waals surface area contributed by atoms with E-state index < -0.39 is 0 Å². The van der Waals surface area contributed by atoms with Crippen molar-refractivity contribution in [2.45, 2.75) is 6.42 Å². The maximum absolute atomic E-state index is 11.8. The first-order valence-electron chi connectivity index (χ1n) is 6.24. The number of nitrogens with zero attached hydrogens (tertiary/aromatic N) is 1. The van der Waals surface area contributed by atoms with Gasteiger partial charge in [-0.25, -0.2) is 4.74 Å². The maximum Gasteiger partial charge on any atom is 0.181 e. The number of methoxy groups -OCH3 is 1. The molecule has 0 saturated carbocycles. The quantitative estimate of drug-likeness (QED) is 0.356. The van der Waals surface area contributed by atoms with Crippen molar-refractivity contribution < 1.29 is 9.48 Å². The average Bonchev–Trinajstić information content (AvgIpc) is 2.47. The smallest absolute Gasteiger partial charge is 0.181 e. The summed E-state index contributed by atoms with van der Waals surface area (Å²) in [6.45, 7) is 0.454.